The molecule has 3 rings (SSSR count). The monoisotopic (exact) mass is 264 g/mol. The summed E-state index contributed by atoms with van der Waals surface area (Å²) in [5, 5.41) is 3.59. The fourth-order valence-electron chi connectivity index (χ4n) is 4.43. The Kier molecular flexibility index (Phi) is 4.11. The molecule has 1 amide bonds. The zero-order valence-corrected chi connectivity index (χ0v) is 12.2. The van der Waals surface area contributed by atoms with Gasteiger partial charge in [-0.3, -0.25) is 4.79 Å². The number of nitrogens with one attached hydrogen (secondary N) is 1. The van der Waals surface area contributed by atoms with Crippen LogP contribution in [0.25, 0.3) is 0 Å². The van der Waals surface area contributed by atoms with Gasteiger partial charge in [-0.15, -0.1) is 0 Å². The molecule has 0 spiro atoms. The summed E-state index contributed by atoms with van der Waals surface area (Å²) in [4.78, 5) is 14.8. The highest BCUT2D eigenvalue weighted by molar-refractivity contribution is 5.79. The highest BCUT2D eigenvalue weighted by Gasteiger charge is 2.44. The van der Waals surface area contributed by atoms with Crippen molar-refractivity contribution >= 4 is 5.91 Å². The molecule has 2 aliphatic carbocycles. The fraction of sp³-hybridized carbons (Fsp3) is 0.938. The average Bonchev–Trinajstić information content (AvgIpc) is 3.07. The van der Waals surface area contributed by atoms with Crippen molar-refractivity contribution in [2.75, 3.05) is 19.6 Å². The van der Waals surface area contributed by atoms with Gasteiger partial charge in [0.1, 0.15) is 0 Å². The van der Waals surface area contributed by atoms with Crippen LogP contribution in [-0.4, -0.2) is 36.5 Å². The van der Waals surface area contributed by atoms with E-state index in [1.165, 1.54) is 32.1 Å². The molecule has 108 valence electrons. The lowest BCUT2D eigenvalue weighted by Gasteiger charge is -2.35. The van der Waals surface area contributed by atoms with E-state index >= 15 is 0 Å². The molecule has 0 radical (unpaired) electrons. The van der Waals surface area contributed by atoms with Crippen LogP contribution in [0.2, 0.25) is 0 Å². The van der Waals surface area contributed by atoms with Gasteiger partial charge in [0.25, 0.3) is 0 Å². The first-order valence-electron chi connectivity index (χ1n) is 8.30. The van der Waals surface area contributed by atoms with E-state index < -0.39 is 0 Å². The van der Waals surface area contributed by atoms with Gasteiger partial charge in [-0.1, -0.05) is 13.3 Å². The SMILES string of the molecule is CCCNC1CCN(C(=O)C2CC3CCC2C3)CC1. The third-order valence-corrected chi connectivity index (χ3v) is 5.54. The highest BCUT2D eigenvalue weighted by atomic mass is 16.2. The largest absolute Gasteiger partial charge is 0.342 e. The van der Waals surface area contributed by atoms with E-state index in [1.807, 2.05) is 0 Å². The number of nitrogens with zero attached hydrogens (tertiary/aromatic N) is 1. The predicted molar refractivity (Wildman–Crippen MR) is 76.8 cm³/mol. The number of rotatable bonds is 4. The first-order chi connectivity index (χ1) is 9.28. The molecule has 3 fully saturated rings. The molecule has 3 aliphatic rings. The van der Waals surface area contributed by atoms with Crippen molar-refractivity contribution in [3.63, 3.8) is 0 Å². The van der Waals surface area contributed by atoms with E-state index in [0.29, 0.717) is 17.9 Å². The molecular formula is C16H28N2O. The number of fused-ring (bicyclic) bond motifs is 2. The summed E-state index contributed by atoms with van der Waals surface area (Å²) in [5.74, 6) is 2.48. The lowest BCUT2D eigenvalue weighted by atomic mass is 9.87. The Bertz CT molecular complexity index is 323. The van der Waals surface area contributed by atoms with E-state index in [9.17, 15) is 4.79 Å². The molecule has 3 nitrogen and oxygen atoms in total. The van der Waals surface area contributed by atoms with E-state index in [4.69, 9.17) is 0 Å². The number of piperidine rings is 1. The maximum absolute atomic E-state index is 12.6. The first-order valence-corrected chi connectivity index (χ1v) is 8.30. The Labute approximate surface area is 117 Å². The zero-order chi connectivity index (χ0) is 13.2. The molecule has 3 heteroatoms. The Hall–Kier alpha value is -0.570. The topological polar surface area (TPSA) is 32.3 Å². The minimum absolute atomic E-state index is 0.388. The molecule has 0 aromatic carbocycles. The number of likely N-dealkylation sites (tertiary alicyclic amines) is 1. The summed E-state index contributed by atoms with van der Waals surface area (Å²) in [6.07, 6.45) is 8.72. The second kappa shape index (κ2) is 5.82. The average molecular weight is 264 g/mol. The number of carbonyl (C=O) groups excluding carboxylic acids is 1. The molecule has 1 heterocycles. The van der Waals surface area contributed by atoms with Gasteiger partial charge in [-0.2, -0.15) is 0 Å². The molecule has 3 unspecified atom stereocenters. The first kappa shape index (κ1) is 13.4. The van der Waals surface area contributed by atoms with Crippen LogP contribution in [0, 0.1) is 17.8 Å². The third kappa shape index (κ3) is 2.81. The molecule has 1 saturated heterocycles. The van der Waals surface area contributed by atoms with Crippen molar-refractivity contribution in [3.8, 4) is 0 Å². The van der Waals surface area contributed by atoms with Gasteiger partial charge in [-0.05, 0) is 56.9 Å². The quantitative estimate of drug-likeness (QED) is 0.845. The summed E-state index contributed by atoms with van der Waals surface area (Å²) in [6, 6.07) is 0.643. The van der Waals surface area contributed by atoms with Crippen LogP contribution in [-0.2, 0) is 4.79 Å². The van der Waals surface area contributed by atoms with Gasteiger partial charge in [-0.25, -0.2) is 0 Å². The van der Waals surface area contributed by atoms with Crippen molar-refractivity contribution in [3.05, 3.63) is 0 Å². The second-order valence-electron chi connectivity index (χ2n) is 6.84. The van der Waals surface area contributed by atoms with Gasteiger partial charge >= 0.3 is 0 Å². The van der Waals surface area contributed by atoms with Crippen molar-refractivity contribution in [1.82, 2.24) is 10.2 Å². The summed E-state index contributed by atoms with van der Waals surface area (Å²) in [6.45, 7) is 5.29. The van der Waals surface area contributed by atoms with Gasteiger partial charge in [0.2, 0.25) is 5.91 Å². The van der Waals surface area contributed by atoms with E-state index in [2.05, 4.69) is 17.1 Å². The van der Waals surface area contributed by atoms with E-state index in [-0.39, 0.29) is 0 Å². The van der Waals surface area contributed by atoms with Crippen LogP contribution in [0.5, 0.6) is 0 Å². The Morgan fingerprint density at radius 1 is 1.16 bits per heavy atom. The molecule has 0 aromatic rings. The van der Waals surface area contributed by atoms with Gasteiger partial charge in [0.15, 0.2) is 0 Å². The van der Waals surface area contributed by atoms with Gasteiger partial charge in [0, 0.05) is 25.0 Å². The zero-order valence-electron chi connectivity index (χ0n) is 12.2. The number of hydrogen-bond donors (Lipinski definition) is 1. The fourth-order valence-corrected chi connectivity index (χ4v) is 4.43. The molecule has 2 saturated carbocycles. The lowest BCUT2D eigenvalue weighted by molar-refractivity contribution is -0.138. The van der Waals surface area contributed by atoms with Crippen molar-refractivity contribution < 1.29 is 4.79 Å². The predicted octanol–water partition coefficient (Wildman–Crippen LogP) is 2.41. The molecule has 1 aliphatic heterocycles. The normalized spacial score (nSPS) is 35.0. The number of carbonyl (C=O) groups is 1. The molecule has 1 N–H and O–H groups in total. The minimum Gasteiger partial charge on any atom is -0.342 e. The lowest BCUT2D eigenvalue weighted by Crippen LogP contribution is -2.47. The summed E-state index contributed by atoms with van der Waals surface area (Å²) in [7, 11) is 0. The summed E-state index contributed by atoms with van der Waals surface area (Å²) >= 11 is 0. The maximum atomic E-state index is 12.6. The van der Waals surface area contributed by atoms with Crippen LogP contribution in [0.4, 0.5) is 0 Å². The molecule has 2 bridgehead atoms. The molecule has 3 atom stereocenters. The van der Waals surface area contributed by atoms with Crippen LogP contribution in [0.1, 0.15) is 51.9 Å². The van der Waals surface area contributed by atoms with Gasteiger partial charge in [0.05, 0.1) is 0 Å². The smallest absolute Gasteiger partial charge is 0.225 e. The third-order valence-electron chi connectivity index (χ3n) is 5.54. The van der Waals surface area contributed by atoms with Crippen molar-refractivity contribution in [2.24, 2.45) is 17.8 Å². The van der Waals surface area contributed by atoms with Crippen LogP contribution >= 0.6 is 0 Å². The summed E-state index contributed by atoms with van der Waals surface area (Å²) in [5.41, 5.74) is 0. The van der Waals surface area contributed by atoms with Crippen LogP contribution in [0.15, 0.2) is 0 Å². The standard InChI is InChI=1S/C16H28N2O/c1-2-7-17-14-5-8-18(9-6-14)16(19)15-11-12-3-4-13(15)10-12/h12-15,17H,2-11H2,1H3. The van der Waals surface area contributed by atoms with Crippen LogP contribution < -0.4 is 5.32 Å². The molecule has 19 heavy (non-hydrogen) atoms. The number of hydrogen-bond acceptors (Lipinski definition) is 2. The molecule has 0 aromatic heterocycles. The summed E-state index contributed by atoms with van der Waals surface area (Å²) < 4.78 is 0. The van der Waals surface area contributed by atoms with Crippen molar-refractivity contribution in [2.45, 2.75) is 57.9 Å². The Morgan fingerprint density at radius 3 is 2.53 bits per heavy atom. The Balaban J connectivity index is 1.47. The number of amides is 1. The molecular weight excluding hydrogens is 236 g/mol. The van der Waals surface area contributed by atoms with Gasteiger partial charge < -0.3 is 10.2 Å². The second-order valence-corrected chi connectivity index (χ2v) is 6.84. The van der Waals surface area contributed by atoms with Crippen molar-refractivity contribution in [1.29, 1.82) is 0 Å². The minimum atomic E-state index is 0.388. The highest BCUT2D eigenvalue weighted by Crippen LogP contribution is 2.49. The van der Waals surface area contributed by atoms with Crippen LogP contribution in [0.3, 0.4) is 0 Å². The maximum Gasteiger partial charge on any atom is 0.225 e. The van der Waals surface area contributed by atoms with E-state index in [1.54, 1.807) is 0 Å². The Morgan fingerprint density at radius 2 is 1.95 bits per heavy atom. The van der Waals surface area contributed by atoms with E-state index in [0.717, 1.165) is 44.3 Å².